The molecule has 41 heavy (non-hydrogen) atoms. The highest BCUT2D eigenvalue weighted by Crippen LogP contribution is 2.38. The molecule has 1 aliphatic heterocycles. The smallest absolute Gasteiger partial charge is 0.319 e. The molecule has 0 aliphatic carbocycles. The van der Waals surface area contributed by atoms with Gasteiger partial charge in [-0.1, -0.05) is 58.0 Å². The van der Waals surface area contributed by atoms with Crippen LogP contribution >= 0.6 is 0 Å². The number of piperidine rings is 1. The number of aliphatic hydroxyl groups is 1. The molecule has 0 radical (unpaired) electrons. The third kappa shape index (κ3) is 7.53. The van der Waals surface area contributed by atoms with Gasteiger partial charge >= 0.3 is 6.03 Å². The van der Waals surface area contributed by atoms with Crippen LogP contribution in [-0.4, -0.2) is 44.0 Å². The Kier molecular flexibility index (Phi) is 10.2. The highest BCUT2D eigenvalue weighted by Gasteiger charge is 2.37. The fourth-order valence-corrected chi connectivity index (χ4v) is 5.74. The SMILES string of the molecule is CC(C)c1cc(N)cc(C(C)C)c1NC(=O)NCC1(c2cccc(OCCCO)c2)CCN(c2ccccc2)CC1. The van der Waals surface area contributed by atoms with Crippen LogP contribution in [0.4, 0.5) is 21.9 Å². The van der Waals surface area contributed by atoms with E-state index in [0.717, 1.165) is 54.1 Å². The zero-order chi connectivity index (χ0) is 29.4. The van der Waals surface area contributed by atoms with E-state index < -0.39 is 0 Å². The first-order chi connectivity index (χ1) is 19.7. The Morgan fingerprint density at radius 1 is 0.976 bits per heavy atom. The molecule has 0 saturated carbocycles. The van der Waals surface area contributed by atoms with Crippen molar-refractivity contribution in [3.05, 3.63) is 83.4 Å². The second kappa shape index (κ2) is 13.8. The lowest BCUT2D eigenvalue weighted by atomic mass is 9.72. The fraction of sp³-hybridized carbons (Fsp3) is 0.441. The first-order valence-corrected chi connectivity index (χ1v) is 14.8. The number of ether oxygens (including phenoxy) is 1. The third-order valence-corrected chi connectivity index (χ3v) is 8.15. The molecule has 0 atom stereocenters. The number of benzene rings is 3. The predicted molar refractivity (Wildman–Crippen MR) is 169 cm³/mol. The van der Waals surface area contributed by atoms with Crippen molar-refractivity contribution >= 4 is 23.1 Å². The molecule has 0 aromatic heterocycles. The second-order valence-corrected chi connectivity index (χ2v) is 11.7. The maximum absolute atomic E-state index is 13.5. The van der Waals surface area contributed by atoms with Crippen molar-refractivity contribution in [1.82, 2.24) is 5.32 Å². The van der Waals surface area contributed by atoms with E-state index in [1.54, 1.807) is 0 Å². The van der Waals surface area contributed by atoms with Crippen molar-refractivity contribution < 1.29 is 14.6 Å². The Morgan fingerprint density at radius 3 is 2.24 bits per heavy atom. The van der Waals surface area contributed by atoms with Gasteiger partial charge in [0.15, 0.2) is 0 Å². The molecule has 3 aromatic carbocycles. The van der Waals surface area contributed by atoms with E-state index in [2.05, 4.69) is 79.6 Å². The molecule has 1 saturated heterocycles. The number of carbonyl (C=O) groups excluding carboxylic acids is 1. The van der Waals surface area contributed by atoms with Crippen molar-refractivity contribution in [2.75, 3.05) is 48.8 Å². The summed E-state index contributed by atoms with van der Waals surface area (Å²) in [5, 5.41) is 15.6. The van der Waals surface area contributed by atoms with Gasteiger partial charge in [0.05, 0.1) is 6.61 Å². The van der Waals surface area contributed by atoms with Crippen LogP contribution in [0.3, 0.4) is 0 Å². The van der Waals surface area contributed by atoms with Gasteiger partial charge in [-0.2, -0.15) is 0 Å². The lowest BCUT2D eigenvalue weighted by Gasteiger charge is -2.43. The number of nitrogen functional groups attached to an aromatic ring is 1. The number of nitrogens with zero attached hydrogens (tertiary/aromatic N) is 1. The highest BCUT2D eigenvalue weighted by atomic mass is 16.5. The summed E-state index contributed by atoms with van der Waals surface area (Å²) >= 11 is 0. The molecule has 0 spiro atoms. The minimum Gasteiger partial charge on any atom is -0.493 e. The summed E-state index contributed by atoms with van der Waals surface area (Å²) < 4.78 is 5.92. The van der Waals surface area contributed by atoms with Crippen molar-refractivity contribution in [1.29, 1.82) is 0 Å². The molecule has 7 nitrogen and oxygen atoms in total. The Balaban J connectivity index is 1.56. The van der Waals surface area contributed by atoms with Crippen LogP contribution in [0, 0.1) is 0 Å². The van der Waals surface area contributed by atoms with Gasteiger partial charge in [-0.05, 0) is 77.8 Å². The molecule has 7 heteroatoms. The van der Waals surface area contributed by atoms with E-state index in [9.17, 15) is 4.79 Å². The minimum absolute atomic E-state index is 0.100. The standard InChI is InChI=1S/C34H46N4O3/c1-24(2)30-21-27(35)22-31(25(3)4)32(30)37-33(40)36-23-34(26-10-8-13-29(20-26)41-19-9-18-39)14-16-38(17-15-34)28-11-6-5-7-12-28/h5-8,10-13,20-22,24-25,39H,9,14-19,23,35H2,1-4H3,(H2,36,37,40). The van der Waals surface area contributed by atoms with E-state index in [0.29, 0.717) is 25.3 Å². The van der Waals surface area contributed by atoms with Gasteiger partial charge < -0.3 is 31.1 Å². The molecule has 0 unspecified atom stereocenters. The first-order valence-electron chi connectivity index (χ1n) is 14.8. The van der Waals surface area contributed by atoms with Gasteiger partial charge in [-0.3, -0.25) is 0 Å². The number of carbonyl (C=O) groups is 1. The fourth-order valence-electron chi connectivity index (χ4n) is 5.74. The number of nitrogens with one attached hydrogen (secondary N) is 2. The van der Waals surface area contributed by atoms with Crippen molar-refractivity contribution in [2.24, 2.45) is 0 Å². The largest absolute Gasteiger partial charge is 0.493 e. The molecule has 5 N–H and O–H groups in total. The van der Waals surface area contributed by atoms with Crippen molar-refractivity contribution in [3.8, 4) is 5.75 Å². The van der Waals surface area contributed by atoms with Crippen LogP contribution in [0.1, 0.15) is 75.5 Å². The van der Waals surface area contributed by atoms with E-state index >= 15 is 0 Å². The van der Waals surface area contributed by atoms with Gasteiger partial charge in [-0.15, -0.1) is 0 Å². The number of para-hydroxylation sites is 1. The minimum atomic E-state index is -0.248. The van der Waals surface area contributed by atoms with Crippen molar-refractivity contribution in [3.63, 3.8) is 0 Å². The molecule has 4 rings (SSSR count). The number of amides is 2. The predicted octanol–water partition coefficient (Wildman–Crippen LogP) is 6.64. The number of urea groups is 1. The van der Waals surface area contributed by atoms with Gasteiger partial charge in [0, 0.05) is 55.1 Å². The zero-order valence-electron chi connectivity index (χ0n) is 25.0. The van der Waals surface area contributed by atoms with Crippen LogP contribution in [0.15, 0.2) is 66.7 Å². The number of hydrogen-bond acceptors (Lipinski definition) is 5. The summed E-state index contributed by atoms with van der Waals surface area (Å²) in [6.45, 7) is 11.3. The number of aliphatic hydroxyl groups excluding tert-OH is 1. The van der Waals surface area contributed by atoms with Gasteiger partial charge in [0.25, 0.3) is 0 Å². The summed E-state index contributed by atoms with van der Waals surface area (Å²) in [4.78, 5) is 15.9. The molecule has 2 amide bonds. The van der Waals surface area contributed by atoms with Gasteiger partial charge in [0.1, 0.15) is 5.75 Å². The summed E-state index contributed by atoms with van der Waals surface area (Å²) in [5.74, 6) is 1.22. The molecular formula is C34H46N4O3. The summed E-state index contributed by atoms with van der Waals surface area (Å²) in [5.41, 5.74) is 12.0. The third-order valence-electron chi connectivity index (χ3n) is 8.15. The number of anilines is 3. The Labute approximate surface area is 245 Å². The first kappa shape index (κ1) is 30.3. The second-order valence-electron chi connectivity index (χ2n) is 11.7. The summed E-state index contributed by atoms with van der Waals surface area (Å²) in [6, 6.07) is 22.4. The zero-order valence-corrected chi connectivity index (χ0v) is 25.0. The molecule has 1 aliphatic rings. The molecule has 1 heterocycles. The van der Waals surface area contributed by atoms with E-state index in [-0.39, 0.29) is 29.9 Å². The van der Waals surface area contributed by atoms with Crippen LogP contribution in [0.5, 0.6) is 5.75 Å². The lowest BCUT2D eigenvalue weighted by Crippen LogP contribution is -2.49. The topological polar surface area (TPSA) is 99.8 Å². The van der Waals surface area contributed by atoms with E-state index in [4.69, 9.17) is 15.6 Å². The molecule has 1 fully saturated rings. The maximum atomic E-state index is 13.5. The quantitative estimate of drug-likeness (QED) is 0.156. The Hall–Kier alpha value is -3.71. The molecule has 220 valence electrons. The monoisotopic (exact) mass is 558 g/mol. The summed E-state index contributed by atoms with van der Waals surface area (Å²) in [7, 11) is 0. The molecule has 0 bridgehead atoms. The molecule has 3 aromatic rings. The average molecular weight is 559 g/mol. The lowest BCUT2D eigenvalue weighted by molar-refractivity contribution is 0.233. The Morgan fingerprint density at radius 2 is 1.63 bits per heavy atom. The normalized spacial score (nSPS) is 14.8. The van der Waals surface area contributed by atoms with Crippen LogP contribution in [-0.2, 0) is 5.41 Å². The van der Waals surface area contributed by atoms with E-state index in [1.807, 2.05) is 30.3 Å². The molecular weight excluding hydrogens is 512 g/mol. The number of rotatable bonds is 11. The summed E-state index contributed by atoms with van der Waals surface area (Å²) in [6.07, 6.45) is 2.36. The maximum Gasteiger partial charge on any atom is 0.319 e. The number of hydrogen-bond donors (Lipinski definition) is 4. The number of nitrogens with two attached hydrogens (primary N) is 1. The van der Waals surface area contributed by atoms with Gasteiger partial charge in [0.2, 0.25) is 0 Å². The van der Waals surface area contributed by atoms with Crippen LogP contribution in [0.25, 0.3) is 0 Å². The van der Waals surface area contributed by atoms with Crippen LogP contribution < -0.4 is 26.0 Å². The van der Waals surface area contributed by atoms with Crippen LogP contribution in [0.2, 0.25) is 0 Å². The van der Waals surface area contributed by atoms with Gasteiger partial charge in [-0.25, -0.2) is 4.79 Å². The Bertz CT molecular complexity index is 1260. The van der Waals surface area contributed by atoms with Crippen molar-refractivity contribution in [2.45, 2.75) is 64.2 Å². The highest BCUT2D eigenvalue weighted by molar-refractivity contribution is 5.92. The van der Waals surface area contributed by atoms with E-state index in [1.165, 1.54) is 5.69 Å². The average Bonchev–Trinajstić information content (AvgIpc) is 2.97.